The molecular formula is C17H13ClN4O3S. The molecule has 4 aromatic rings. The lowest BCUT2D eigenvalue weighted by molar-refractivity contribution is 0.592. The van der Waals surface area contributed by atoms with E-state index >= 15 is 0 Å². The topological polar surface area (TPSA) is 97.2 Å². The third kappa shape index (κ3) is 2.33. The first-order chi connectivity index (χ1) is 12.3. The predicted molar refractivity (Wildman–Crippen MR) is 97.5 cm³/mol. The van der Waals surface area contributed by atoms with Crippen LogP contribution in [0.5, 0.6) is 0 Å². The standard InChI is InChI=1S/C17H13ClN4O3S/c1-9-6-7-13(10(2)8-9)26(24,25)17-15-19-16(23)11-4-3-5-12(18)14(11)22(15)21-20-17/h3-8H,1-2H3,(H,19,23). The Morgan fingerprint density at radius 1 is 1.15 bits per heavy atom. The predicted octanol–water partition coefficient (Wildman–Crippen LogP) is 2.67. The molecule has 0 fully saturated rings. The Balaban J connectivity index is 2.09. The summed E-state index contributed by atoms with van der Waals surface area (Å²) in [4.78, 5) is 15.1. The van der Waals surface area contributed by atoms with Crippen LogP contribution in [0.25, 0.3) is 16.6 Å². The van der Waals surface area contributed by atoms with Crippen LogP contribution in [0.1, 0.15) is 11.1 Å². The van der Waals surface area contributed by atoms with Crippen LogP contribution < -0.4 is 5.56 Å². The van der Waals surface area contributed by atoms with Gasteiger partial charge >= 0.3 is 0 Å². The highest BCUT2D eigenvalue weighted by molar-refractivity contribution is 7.91. The van der Waals surface area contributed by atoms with Gasteiger partial charge in [0.2, 0.25) is 14.9 Å². The summed E-state index contributed by atoms with van der Waals surface area (Å²) in [6.45, 7) is 3.59. The number of aryl methyl sites for hydroxylation is 2. The minimum Gasteiger partial charge on any atom is -0.304 e. The number of benzene rings is 2. The van der Waals surface area contributed by atoms with Gasteiger partial charge in [0, 0.05) is 0 Å². The quantitative estimate of drug-likeness (QED) is 0.569. The average molecular weight is 389 g/mol. The van der Waals surface area contributed by atoms with E-state index in [1.165, 1.54) is 10.6 Å². The maximum Gasteiger partial charge on any atom is 0.259 e. The molecule has 0 aliphatic heterocycles. The first kappa shape index (κ1) is 16.7. The number of H-pyrrole nitrogens is 1. The van der Waals surface area contributed by atoms with Crippen molar-refractivity contribution in [3.05, 3.63) is 62.9 Å². The van der Waals surface area contributed by atoms with Gasteiger partial charge in [0.05, 0.1) is 15.3 Å². The van der Waals surface area contributed by atoms with Crippen LogP contribution in [0.2, 0.25) is 5.02 Å². The smallest absolute Gasteiger partial charge is 0.259 e. The van der Waals surface area contributed by atoms with Crippen molar-refractivity contribution in [1.29, 1.82) is 0 Å². The molecule has 7 nitrogen and oxygen atoms in total. The molecule has 0 amide bonds. The lowest BCUT2D eigenvalue weighted by Gasteiger charge is -2.07. The molecule has 26 heavy (non-hydrogen) atoms. The fourth-order valence-electron chi connectivity index (χ4n) is 3.01. The van der Waals surface area contributed by atoms with Gasteiger partial charge < -0.3 is 4.98 Å². The van der Waals surface area contributed by atoms with Crippen molar-refractivity contribution in [2.45, 2.75) is 23.8 Å². The van der Waals surface area contributed by atoms with E-state index in [0.29, 0.717) is 16.5 Å². The minimum absolute atomic E-state index is 0.0180. The number of halogens is 1. The number of aromatic nitrogens is 4. The zero-order valence-corrected chi connectivity index (χ0v) is 15.4. The number of rotatable bonds is 2. The Morgan fingerprint density at radius 2 is 1.92 bits per heavy atom. The van der Waals surface area contributed by atoms with E-state index in [9.17, 15) is 13.2 Å². The SMILES string of the molecule is Cc1ccc(S(=O)(=O)c2nnn3c2[nH]c(=O)c2cccc(Cl)c23)c(C)c1. The van der Waals surface area contributed by atoms with Crippen LogP contribution in [-0.4, -0.2) is 28.2 Å². The number of nitrogens with zero attached hydrogens (tertiary/aromatic N) is 3. The van der Waals surface area contributed by atoms with Gasteiger partial charge in [0.1, 0.15) is 5.52 Å². The number of fused-ring (bicyclic) bond motifs is 3. The molecule has 0 saturated heterocycles. The Labute approximate surface area is 153 Å². The van der Waals surface area contributed by atoms with Crippen LogP contribution >= 0.6 is 11.6 Å². The lowest BCUT2D eigenvalue weighted by Crippen LogP contribution is -2.12. The monoisotopic (exact) mass is 388 g/mol. The summed E-state index contributed by atoms with van der Waals surface area (Å²) in [5.41, 5.74) is 1.36. The van der Waals surface area contributed by atoms with Crippen molar-refractivity contribution in [3.63, 3.8) is 0 Å². The molecule has 0 bridgehead atoms. The van der Waals surface area contributed by atoms with Gasteiger partial charge in [0.25, 0.3) is 5.56 Å². The molecule has 132 valence electrons. The van der Waals surface area contributed by atoms with Crippen LogP contribution in [0.4, 0.5) is 0 Å². The molecular weight excluding hydrogens is 376 g/mol. The molecule has 0 unspecified atom stereocenters. The number of aromatic amines is 1. The summed E-state index contributed by atoms with van der Waals surface area (Å²) in [7, 11) is -3.98. The van der Waals surface area contributed by atoms with Crippen LogP contribution in [0, 0.1) is 13.8 Å². The van der Waals surface area contributed by atoms with Crippen molar-refractivity contribution in [3.8, 4) is 0 Å². The van der Waals surface area contributed by atoms with E-state index in [2.05, 4.69) is 15.3 Å². The van der Waals surface area contributed by atoms with Gasteiger partial charge in [-0.15, -0.1) is 5.10 Å². The van der Waals surface area contributed by atoms with E-state index < -0.39 is 15.4 Å². The van der Waals surface area contributed by atoms with Gasteiger partial charge in [-0.3, -0.25) is 4.79 Å². The highest BCUT2D eigenvalue weighted by Crippen LogP contribution is 2.27. The molecule has 0 radical (unpaired) electrons. The molecule has 0 aliphatic rings. The molecule has 0 atom stereocenters. The number of hydrogen-bond donors (Lipinski definition) is 1. The summed E-state index contributed by atoms with van der Waals surface area (Å²) < 4.78 is 27.5. The Hall–Kier alpha value is -2.71. The molecule has 0 spiro atoms. The fourth-order valence-corrected chi connectivity index (χ4v) is 4.73. The number of sulfone groups is 1. The van der Waals surface area contributed by atoms with Crippen molar-refractivity contribution >= 4 is 38.0 Å². The van der Waals surface area contributed by atoms with E-state index in [1.54, 1.807) is 37.3 Å². The van der Waals surface area contributed by atoms with E-state index in [4.69, 9.17) is 11.6 Å². The summed E-state index contributed by atoms with van der Waals surface area (Å²) in [6.07, 6.45) is 0. The first-order valence-corrected chi connectivity index (χ1v) is 9.55. The van der Waals surface area contributed by atoms with Gasteiger partial charge in [-0.2, -0.15) is 4.52 Å². The normalized spacial score (nSPS) is 12.1. The molecule has 2 aromatic heterocycles. The number of para-hydroxylation sites is 1. The second-order valence-corrected chi connectivity index (χ2v) is 8.26. The molecule has 2 heterocycles. The molecule has 0 aliphatic carbocycles. The lowest BCUT2D eigenvalue weighted by atomic mass is 10.2. The van der Waals surface area contributed by atoms with Crippen molar-refractivity contribution in [2.24, 2.45) is 0 Å². The maximum atomic E-state index is 13.1. The Kier molecular flexibility index (Phi) is 3.64. The van der Waals surface area contributed by atoms with Crippen molar-refractivity contribution in [1.82, 2.24) is 19.8 Å². The first-order valence-electron chi connectivity index (χ1n) is 7.69. The minimum atomic E-state index is -3.98. The summed E-state index contributed by atoms with van der Waals surface area (Å²) in [6, 6.07) is 9.82. The van der Waals surface area contributed by atoms with Crippen LogP contribution in [0.15, 0.2) is 51.1 Å². The van der Waals surface area contributed by atoms with Gasteiger partial charge in [-0.05, 0) is 37.6 Å². The van der Waals surface area contributed by atoms with Crippen LogP contribution in [0.3, 0.4) is 0 Å². The molecule has 2 aromatic carbocycles. The van der Waals surface area contributed by atoms with Gasteiger partial charge in [0.15, 0.2) is 5.65 Å². The van der Waals surface area contributed by atoms with E-state index in [1.807, 2.05) is 6.92 Å². The summed E-state index contributed by atoms with van der Waals surface area (Å²) in [5.74, 6) is 0. The zero-order valence-electron chi connectivity index (χ0n) is 13.8. The number of nitrogens with one attached hydrogen (secondary N) is 1. The van der Waals surface area contributed by atoms with Crippen molar-refractivity contribution in [2.75, 3.05) is 0 Å². The van der Waals surface area contributed by atoms with E-state index in [0.717, 1.165) is 5.56 Å². The fraction of sp³-hybridized carbons (Fsp3) is 0.118. The van der Waals surface area contributed by atoms with Gasteiger partial charge in [-0.1, -0.05) is 40.6 Å². The highest BCUT2D eigenvalue weighted by Gasteiger charge is 2.28. The largest absolute Gasteiger partial charge is 0.304 e. The molecule has 1 N–H and O–H groups in total. The number of hydrogen-bond acceptors (Lipinski definition) is 5. The third-order valence-corrected chi connectivity index (χ3v) is 6.32. The maximum absolute atomic E-state index is 13.1. The zero-order chi connectivity index (χ0) is 18.6. The molecule has 0 saturated carbocycles. The third-order valence-electron chi connectivity index (χ3n) is 4.19. The van der Waals surface area contributed by atoms with Gasteiger partial charge in [-0.25, -0.2) is 8.42 Å². The highest BCUT2D eigenvalue weighted by atomic mass is 35.5. The van der Waals surface area contributed by atoms with Crippen LogP contribution in [-0.2, 0) is 9.84 Å². The average Bonchev–Trinajstić information content (AvgIpc) is 2.99. The second kappa shape index (κ2) is 5.65. The molecule has 9 heteroatoms. The Morgan fingerprint density at radius 3 is 2.65 bits per heavy atom. The van der Waals surface area contributed by atoms with E-state index in [-0.39, 0.29) is 20.6 Å². The molecule has 4 rings (SSSR count). The second-order valence-electron chi connectivity index (χ2n) is 6.02. The Bertz CT molecular complexity index is 1360. The van der Waals surface area contributed by atoms with Crippen molar-refractivity contribution < 1.29 is 8.42 Å². The summed E-state index contributed by atoms with van der Waals surface area (Å²) in [5, 5.41) is 8.01. The summed E-state index contributed by atoms with van der Waals surface area (Å²) >= 11 is 6.20.